The lowest BCUT2D eigenvalue weighted by molar-refractivity contribution is -0.137. The van der Waals surface area contributed by atoms with Gasteiger partial charge in [-0.1, -0.05) is 56.0 Å². The molecule has 40 heavy (non-hydrogen) atoms. The van der Waals surface area contributed by atoms with Crippen LogP contribution in [-0.2, 0) is 23.1 Å². The number of aromatic nitrogens is 3. The largest absolute Gasteiger partial charge is 0.481 e. The number of carboxylic acids is 1. The number of hydrogen-bond donors (Lipinski definition) is 2. The van der Waals surface area contributed by atoms with Crippen LogP contribution in [0.1, 0.15) is 96.8 Å². The summed E-state index contributed by atoms with van der Waals surface area (Å²) < 4.78 is 1.70. The predicted molar refractivity (Wildman–Crippen MR) is 153 cm³/mol. The van der Waals surface area contributed by atoms with Crippen LogP contribution in [0, 0.1) is 24.7 Å². The Hall–Kier alpha value is -3.55. The van der Waals surface area contributed by atoms with Crippen LogP contribution in [0.4, 0.5) is 0 Å². The molecule has 8 heteroatoms. The van der Waals surface area contributed by atoms with Gasteiger partial charge in [0, 0.05) is 37.4 Å². The van der Waals surface area contributed by atoms with Gasteiger partial charge in [-0.05, 0) is 72.4 Å². The summed E-state index contributed by atoms with van der Waals surface area (Å²) in [4.78, 5) is 38.1. The number of amides is 1. The van der Waals surface area contributed by atoms with Gasteiger partial charge in [0.1, 0.15) is 5.52 Å². The first-order valence-electron chi connectivity index (χ1n) is 14.7. The predicted octanol–water partition coefficient (Wildman–Crippen LogP) is 5.35. The molecule has 2 atom stereocenters. The van der Waals surface area contributed by atoms with E-state index < -0.39 is 11.9 Å². The van der Waals surface area contributed by atoms with Gasteiger partial charge < -0.3 is 10.4 Å². The average Bonchev–Trinajstić information content (AvgIpc) is 3.47. The summed E-state index contributed by atoms with van der Waals surface area (Å²) in [5.41, 5.74) is 5.69. The van der Waals surface area contributed by atoms with Gasteiger partial charge in [-0.15, -0.1) is 5.10 Å². The number of aliphatic carboxylic acids is 1. The molecule has 2 unspecified atom stereocenters. The second kappa shape index (κ2) is 11.9. The van der Waals surface area contributed by atoms with Crippen LogP contribution < -0.4 is 5.32 Å². The molecule has 1 heterocycles. The Bertz CT molecular complexity index is 1420. The maximum Gasteiger partial charge on any atom is 0.304 e. The van der Waals surface area contributed by atoms with Gasteiger partial charge in [-0.3, -0.25) is 14.4 Å². The van der Waals surface area contributed by atoms with E-state index >= 15 is 0 Å². The lowest BCUT2D eigenvalue weighted by Crippen LogP contribution is -2.33. The third kappa shape index (κ3) is 5.81. The second-order valence-corrected chi connectivity index (χ2v) is 11.9. The number of benzene rings is 2. The molecule has 1 saturated carbocycles. The number of aryl methyl sites for hydroxylation is 2. The van der Waals surface area contributed by atoms with E-state index in [1.54, 1.807) is 4.68 Å². The number of Topliss-reactive ketones (excluding diaryl/α,β-unsaturated/α-hetero) is 1. The number of nitrogens with zero attached hydrogens (tertiary/aromatic N) is 3. The lowest BCUT2D eigenvalue weighted by Gasteiger charge is -2.28. The van der Waals surface area contributed by atoms with Gasteiger partial charge in [-0.2, -0.15) is 0 Å². The second-order valence-electron chi connectivity index (χ2n) is 11.9. The minimum Gasteiger partial charge on any atom is -0.481 e. The number of carboxylic acid groups (broad SMARTS) is 1. The third-order valence-electron chi connectivity index (χ3n) is 9.16. The Labute approximate surface area is 235 Å². The van der Waals surface area contributed by atoms with E-state index in [4.69, 9.17) is 0 Å². The Kier molecular flexibility index (Phi) is 8.33. The van der Waals surface area contributed by atoms with Crippen LogP contribution in [0.3, 0.4) is 0 Å². The molecule has 0 bridgehead atoms. The minimum absolute atomic E-state index is 0.0257. The molecule has 2 aromatic carbocycles. The third-order valence-corrected chi connectivity index (χ3v) is 9.16. The first kappa shape index (κ1) is 28.0. The Morgan fingerprint density at radius 1 is 1.12 bits per heavy atom. The van der Waals surface area contributed by atoms with E-state index in [0.29, 0.717) is 24.4 Å². The number of fused-ring (bicyclic) bond motifs is 2. The number of carbonyl (C=O) groups excluding carboxylic acids is 2. The first-order valence-corrected chi connectivity index (χ1v) is 14.7. The van der Waals surface area contributed by atoms with Crippen molar-refractivity contribution in [3.63, 3.8) is 0 Å². The van der Waals surface area contributed by atoms with Gasteiger partial charge in [0.2, 0.25) is 5.91 Å². The van der Waals surface area contributed by atoms with E-state index in [2.05, 4.69) is 22.6 Å². The molecule has 0 spiro atoms. The highest BCUT2D eigenvalue weighted by molar-refractivity contribution is 6.04. The van der Waals surface area contributed by atoms with E-state index in [-0.39, 0.29) is 30.4 Å². The number of carbonyl (C=O) groups is 3. The molecule has 0 aliphatic heterocycles. The molecule has 0 radical (unpaired) electrons. The fourth-order valence-corrected chi connectivity index (χ4v) is 6.86. The van der Waals surface area contributed by atoms with Gasteiger partial charge in [0.15, 0.2) is 5.78 Å². The molecule has 2 aliphatic carbocycles. The number of nitrogens with one attached hydrogen (secondary N) is 1. The summed E-state index contributed by atoms with van der Waals surface area (Å²) in [6.45, 7) is 4.87. The molecule has 8 nitrogen and oxygen atoms in total. The molecular weight excluding hydrogens is 504 g/mol. The van der Waals surface area contributed by atoms with Crippen molar-refractivity contribution in [2.45, 2.75) is 77.6 Å². The number of hydrogen-bond acceptors (Lipinski definition) is 5. The SMILES string of the molecule is CCCC1CCC(CNC(=O)CC2Cc3ccc(C(CC(=O)O)c4ccc5c(nnn5C)c4C)cc3C2=O)CC1. The van der Waals surface area contributed by atoms with Crippen molar-refractivity contribution in [2.24, 2.45) is 24.8 Å². The van der Waals surface area contributed by atoms with Crippen LogP contribution in [0.15, 0.2) is 30.3 Å². The normalized spacial score (nSPS) is 21.4. The molecule has 1 fully saturated rings. The fraction of sp³-hybridized carbons (Fsp3) is 0.531. The van der Waals surface area contributed by atoms with Crippen molar-refractivity contribution in [1.29, 1.82) is 0 Å². The van der Waals surface area contributed by atoms with E-state index in [1.165, 1.54) is 38.5 Å². The number of ketones is 1. The van der Waals surface area contributed by atoms with Crippen molar-refractivity contribution in [2.75, 3.05) is 6.54 Å². The minimum atomic E-state index is -0.913. The average molecular weight is 545 g/mol. The zero-order valence-corrected chi connectivity index (χ0v) is 23.8. The molecule has 3 aromatic rings. The smallest absolute Gasteiger partial charge is 0.304 e. The van der Waals surface area contributed by atoms with Crippen LogP contribution in [-0.4, -0.2) is 44.3 Å². The maximum absolute atomic E-state index is 13.4. The van der Waals surface area contributed by atoms with Crippen molar-refractivity contribution < 1.29 is 19.5 Å². The molecule has 2 aliphatic rings. The topological polar surface area (TPSA) is 114 Å². The Balaban J connectivity index is 1.27. The van der Waals surface area contributed by atoms with Crippen LogP contribution >= 0.6 is 0 Å². The molecule has 0 saturated heterocycles. The summed E-state index contributed by atoms with van der Waals surface area (Å²) in [7, 11) is 1.82. The van der Waals surface area contributed by atoms with E-state index in [0.717, 1.165) is 39.2 Å². The van der Waals surface area contributed by atoms with Gasteiger partial charge in [-0.25, -0.2) is 4.68 Å². The summed E-state index contributed by atoms with van der Waals surface area (Å²) >= 11 is 0. The zero-order chi connectivity index (χ0) is 28.4. The highest BCUT2D eigenvalue weighted by Crippen LogP contribution is 2.37. The molecule has 5 rings (SSSR count). The van der Waals surface area contributed by atoms with Crippen molar-refractivity contribution in [3.05, 3.63) is 58.1 Å². The summed E-state index contributed by atoms with van der Waals surface area (Å²) in [6.07, 6.45) is 8.01. The highest BCUT2D eigenvalue weighted by Gasteiger charge is 2.33. The van der Waals surface area contributed by atoms with Crippen molar-refractivity contribution >= 4 is 28.7 Å². The maximum atomic E-state index is 13.4. The summed E-state index contributed by atoms with van der Waals surface area (Å²) in [5, 5.41) is 21.2. The fourth-order valence-electron chi connectivity index (χ4n) is 6.86. The molecule has 1 amide bonds. The van der Waals surface area contributed by atoms with Crippen molar-refractivity contribution in [1.82, 2.24) is 20.3 Å². The monoisotopic (exact) mass is 544 g/mol. The Morgan fingerprint density at radius 3 is 2.60 bits per heavy atom. The van der Waals surface area contributed by atoms with Crippen LogP contribution in [0.5, 0.6) is 0 Å². The Morgan fingerprint density at radius 2 is 1.88 bits per heavy atom. The summed E-state index contributed by atoms with van der Waals surface area (Å²) in [6, 6.07) is 9.56. The molecule has 212 valence electrons. The molecule has 2 N–H and O–H groups in total. The van der Waals surface area contributed by atoms with Crippen LogP contribution in [0.25, 0.3) is 11.0 Å². The number of rotatable bonds is 10. The van der Waals surface area contributed by atoms with Crippen molar-refractivity contribution in [3.8, 4) is 0 Å². The van der Waals surface area contributed by atoms with Gasteiger partial charge in [0.25, 0.3) is 0 Å². The van der Waals surface area contributed by atoms with E-state index in [1.807, 2.05) is 44.3 Å². The zero-order valence-electron chi connectivity index (χ0n) is 23.8. The van der Waals surface area contributed by atoms with E-state index in [9.17, 15) is 19.5 Å². The standard InChI is InChI=1S/C32H40N4O4/c1-4-5-20-6-8-21(9-7-20)18-33-29(37)16-24-14-22-10-11-23(15-27(22)32(24)40)26(17-30(38)39)25-12-13-28-31(19(25)2)34-35-36(28)3/h10-13,15,20-21,24,26H,4-9,14,16-18H2,1-3H3,(H,33,37)(H,38,39). The van der Waals surface area contributed by atoms with Gasteiger partial charge >= 0.3 is 5.97 Å². The van der Waals surface area contributed by atoms with Gasteiger partial charge in [0.05, 0.1) is 11.9 Å². The summed E-state index contributed by atoms with van der Waals surface area (Å²) in [5.74, 6) is -0.431. The van der Waals surface area contributed by atoms with Crippen LogP contribution in [0.2, 0.25) is 0 Å². The quantitative estimate of drug-likeness (QED) is 0.356. The lowest BCUT2D eigenvalue weighted by atomic mass is 9.80. The molecular formula is C32H40N4O4. The first-order chi connectivity index (χ1) is 19.2. The molecule has 1 aromatic heterocycles. The highest BCUT2D eigenvalue weighted by atomic mass is 16.4.